The predicted octanol–water partition coefficient (Wildman–Crippen LogP) is 1.21. The Hall–Kier alpha value is -2.91. The summed E-state index contributed by atoms with van der Waals surface area (Å²) >= 11 is 0. The van der Waals surface area contributed by atoms with Gasteiger partial charge in [0.25, 0.3) is 0 Å². The maximum absolute atomic E-state index is 12.6. The molecule has 1 aromatic rings. The number of aliphatic carboxylic acids is 1. The van der Waals surface area contributed by atoms with E-state index in [-0.39, 0.29) is 40.9 Å². The minimum absolute atomic E-state index is 0.105. The summed E-state index contributed by atoms with van der Waals surface area (Å²) in [5.74, 6) is -5.18. The van der Waals surface area contributed by atoms with Gasteiger partial charge in [0.15, 0.2) is 23.4 Å². The second-order valence-corrected chi connectivity index (χ2v) is 6.84. The molecule has 9 nitrogen and oxygen atoms in total. The van der Waals surface area contributed by atoms with Gasteiger partial charge in [-0.2, -0.15) is 0 Å². The Morgan fingerprint density at radius 3 is 2.56 bits per heavy atom. The molecule has 142 valence electrons. The Labute approximate surface area is 152 Å². The number of hydrogen-bond donors (Lipinski definition) is 3. The molecule has 3 N–H and O–H groups in total. The van der Waals surface area contributed by atoms with E-state index in [1.165, 1.54) is 14.0 Å². The normalized spacial score (nSPS) is 28.9. The molecular weight excluding hydrogens is 360 g/mol. The number of phenols is 2. The van der Waals surface area contributed by atoms with Crippen molar-refractivity contribution < 1.29 is 43.9 Å². The van der Waals surface area contributed by atoms with Crippen LogP contribution in [0.4, 0.5) is 0 Å². The summed E-state index contributed by atoms with van der Waals surface area (Å²) in [6.07, 6.45) is -1.38. The van der Waals surface area contributed by atoms with Crippen LogP contribution < -0.4 is 0 Å². The molecule has 2 heterocycles. The number of ketones is 2. The van der Waals surface area contributed by atoms with Gasteiger partial charge in [-0.25, -0.2) is 4.79 Å². The van der Waals surface area contributed by atoms with E-state index in [1.807, 2.05) is 0 Å². The molecule has 3 aliphatic rings. The molecule has 27 heavy (non-hydrogen) atoms. The first kappa shape index (κ1) is 17.5. The summed E-state index contributed by atoms with van der Waals surface area (Å²) in [5.41, 5.74) is -0.391. The summed E-state index contributed by atoms with van der Waals surface area (Å²) in [6.45, 7) is 1.52. The Balaban J connectivity index is 1.95. The molecular formula is C18H16O9. The van der Waals surface area contributed by atoms with Crippen LogP contribution in [-0.4, -0.2) is 51.9 Å². The Morgan fingerprint density at radius 2 is 1.93 bits per heavy atom. The monoisotopic (exact) mass is 376 g/mol. The number of ether oxygens (including phenoxy) is 3. The van der Waals surface area contributed by atoms with E-state index >= 15 is 0 Å². The molecule has 0 radical (unpaired) electrons. The summed E-state index contributed by atoms with van der Waals surface area (Å²) in [5, 5.41) is 30.8. The van der Waals surface area contributed by atoms with Gasteiger partial charge in [0.1, 0.15) is 11.5 Å². The van der Waals surface area contributed by atoms with Gasteiger partial charge in [-0.1, -0.05) is 0 Å². The van der Waals surface area contributed by atoms with E-state index in [1.54, 1.807) is 0 Å². The van der Waals surface area contributed by atoms with Crippen molar-refractivity contribution in [3.05, 3.63) is 34.1 Å². The quantitative estimate of drug-likeness (QED) is 0.650. The number of aromatic hydroxyl groups is 2. The number of methoxy groups -OCH3 is 1. The van der Waals surface area contributed by atoms with Gasteiger partial charge in [-0.15, -0.1) is 0 Å². The molecule has 1 saturated heterocycles. The van der Waals surface area contributed by atoms with Crippen LogP contribution in [0.5, 0.6) is 11.5 Å². The van der Waals surface area contributed by atoms with Crippen LogP contribution >= 0.6 is 0 Å². The molecule has 1 fully saturated rings. The molecule has 0 amide bonds. The van der Waals surface area contributed by atoms with E-state index in [9.17, 15) is 29.7 Å². The molecule has 1 aromatic carbocycles. The lowest BCUT2D eigenvalue weighted by Gasteiger charge is -2.46. The molecule has 0 saturated carbocycles. The smallest absolute Gasteiger partial charge is 0.333 e. The molecule has 9 heteroatoms. The number of carbonyl (C=O) groups is 3. The first-order valence-corrected chi connectivity index (χ1v) is 8.20. The van der Waals surface area contributed by atoms with Crippen LogP contribution in [0.1, 0.15) is 51.3 Å². The molecule has 2 bridgehead atoms. The van der Waals surface area contributed by atoms with Gasteiger partial charge < -0.3 is 29.5 Å². The Bertz CT molecular complexity index is 945. The second kappa shape index (κ2) is 5.54. The number of carboxylic acid groups (broad SMARTS) is 1. The van der Waals surface area contributed by atoms with Crippen molar-refractivity contribution in [1.82, 2.24) is 0 Å². The van der Waals surface area contributed by atoms with Crippen LogP contribution in [0.3, 0.4) is 0 Å². The van der Waals surface area contributed by atoms with Crippen LogP contribution in [0.15, 0.2) is 11.8 Å². The number of benzene rings is 1. The van der Waals surface area contributed by atoms with Crippen molar-refractivity contribution in [2.75, 3.05) is 7.11 Å². The third kappa shape index (κ3) is 2.35. The van der Waals surface area contributed by atoms with E-state index in [2.05, 4.69) is 0 Å². The van der Waals surface area contributed by atoms with Crippen LogP contribution in [0, 0.1) is 0 Å². The van der Waals surface area contributed by atoms with E-state index in [0.717, 1.165) is 6.08 Å². The van der Waals surface area contributed by atoms with E-state index < -0.39 is 47.0 Å². The zero-order valence-electron chi connectivity index (χ0n) is 14.4. The minimum Gasteiger partial charge on any atom is -0.507 e. The van der Waals surface area contributed by atoms with Gasteiger partial charge in [0.05, 0.1) is 24.3 Å². The van der Waals surface area contributed by atoms with E-state index in [4.69, 9.17) is 14.2 Å². The first-order chi connectivity index (χ1) is 12.7. The average Bonchev–Trinajstić information content (AvgIpc) is 2.59. The lowest BCUT2D eigenvalue weighted by atomic mass is 9.80. The van der Waals surface area contributed by atoms with Gasteiger partial charge in [-0.05, 0) is 6.92 Å². The molecule has 3 atom stereocenters. The van der Waals surface area contributed by atoms with Gasteiger partial charge >= 0.3 is 5.97 Å². The highest BCUT2D eigenvalue weighted by Crippen LogP contribution is 2.53. The number of carboxylic acids is 1. The number of allylic oxidation sites excluding steroid dienone is 2. The minimum atomic E-state index is -1.36. The molecule has 0 aromatic heterocycles. The van der Waals surface area contributed by atoms with Crippen LogP contribution in [0.2, 0.25) is 0 Å². The maximum Gasteiger partial charge on any atom is 0.333 e. The zero-order chi connectivity index (χ0) is 19.7. The average molecular weight is 376 g/mol. The Morgan fingerprint density at radius 1 is 1.22 bits per heavy atom. The van der Waals surface area contributed by atoms with Gasteiger partial charge in [0.2, 0.25) is 5.78 Å². The Kier molecular flexibility index (Phi) is 3.59. The van der Waals surface area contributed by atoms with Crippen molar-refractivity contribution >= 4 is 17.5 Å². The number of carbonyl (C=O) groups excluding carboxylic acids is 2. The number of fused-ring (bicyclic) bond motifs is 5. The van der Waals surface area contributed by atoms with Crippen molar-refractivity contribution in [2.24, 2.45) is 0 Å². The highest BCUT2D eigenvalue weighted by Gasteiger charge is 2.50. The first-order valence-electron chi connectivity index (χ1n) is 8.20. The fourth-order valence-electron chi connectivity index (χ4n) is 3.96. The van der Waals surface area contributed by atoms with Gasteiger partial charge in [0, 0.05) is 30.0 Å². The SMILES string of the molecule is COC1=CC(=O)c2c(O)c3c(c(O)c2C1=O)C[C@]1(C)O[C@H]3C[C@H](C(=O)O)O1. The van der Waals surface area contributed by atoms with Crippen molar-refractivity contribution in [2.45, 2.75) is 37.8 Å². The lowest BCUT2D eigenvalue weighted by Crippen LogP contribution is -2.50. The topological polar surface area (TPSA) is 140 Å². The van der Waals surface area contributed by atoms with Crippen LogP contribution in [0.25, 0.3) is 0 Å². The molecule has 0 unspecified atom stereocenters. The standard InChI is InChI=1S/C18H16O9/c1-18-5-6-11(8(26-18)4-10(27-18)17(23)24)16(22)12-7(19)3-9(25-2)15(21)13(12)14(6)20/h3,8,10,20,22H,4-5H2,1-2H3,(H,23,24)/t8-,10+,18+/m0/s1. The molecule has 4 rings (SSSR count). The van der Waals surface area contributed by atoms with Crippen molar-refractivity contribution in [3.63, 3.8) is 0 Å². The highest BCUT2D eigenvalue weighted by atomic mass is 16.7. The zero-order valence-corrected chi connectivity index (χ0v) is 14.4. The molecule has 0 spiro atoms. The number of phenolic OH excluding ortho intramolecular Hbond substituents is 2. The fourth-order valence-corrected chi connectivity index (χ4v) is 3.96. The lowest BCUT2D eigenvalue weighted by molar-refractivity contribution is -0.314. The van der Waals surface area contributed by atoms with E-state index in [0.29, 0.717) is 0 Å². The fraction of sp³-hybridized carbons (Fsp3) is 0.389. The second-order valence-electron chi connectivity index (χ2n) is 6.84. The van der Waals surface area contributed by atoms with Crippen molar-refractivity contribution in [1.29, 1.82) is 0 Å². The summed E-state index contributed by atoms with van der Waals surface area (Å²) in [7, 11) is 1.22. The maximum atomic E-state index is 12.6. The van der Waals surface area contributed by atoms with Crippen LogP contribution in [-0.2, 0) is 25.4 Å². The highest BCUT2D eigenvalue weighted by molar-refractivity contribution is 6.26. The number of Topliss-reactive ketones (excluding diaryl/α,β-unsaturated/α-hetero) is 1. The third-order valence-corrected chi connectivity index (χ3v) is 5.08. The number of hydrogen-bond acceptors (Lipinski definition) is 8. The summed E-state index contributed by atoms with van der Waals surface area (Å²) in [4.78, 5) is 36.4. The number of rotatable bonds is 2. The largest absolute Gasteiger partial charge is 0.507 e. The molecule has 1 aliphatic carbocycles. The summed E-state index contributed by atoms with van der Waals surface area (Å²) < 4.78 is 16.1. The van der Waals surface area contributed by atoms with Crippen molar-refractivity contribution in [3.8, 4) is 11.5 Å². The van der Waals surface area contributed by atoms with Gasteiger partial charge in [-0.3, -0.25) is 9.59 Å². The molecule has 2 aliphatic heterocycles. The summed E-state index contributed by atoms with van der Waals surface area (Å²) in [6, 6.07) is 0. The third-order valence-electron chi connectivity index (χ3n) is 5.08. The predicted molar refractivity (Wildman–Crippen MR) is 86.6 cm³/mol.